The summed E-state index contributed by atoms with van der Waals surface area (Å²) in [5.41, 5.74) is 1.16. The molecule has 1 aromatic carbocycles. The Morgan fingerprint density at radius 1 is 1.18 bits per heavy atom. The molecule has 0 amide bonds. The lowest BCUT2D eigenvalue weighted by Gasteiger charge is -2.11. The molecule has 0 saturated carbocycles. The molecule has 0 bridgehead atoms. The third-order valence-electron chi connectivity index (χ3n) is 2.33. The van der Waals surface area contributed by atoms with Gasteiger partial charge in [0, 0.05) is 7.11 Å². The van der Waals surface area contributed by atoms with Crippen molar-refractivity contribution >= 4 is 5.78 Å². The molecule has 0 aliphatic heterocycles. The topological polar surface area (TPSA) is 44.8 Å². The number of Topliss-reactive ketones (excluding diaryl/α,β-unsaturated/α-hetero) is 1. The van der Waals surface area contributed by atoms with Crippen LogP contribution in [0.4, 0.5) is 0 Å². The third-order valence-corrected chi connectivity index (χ3v) is 2.33. The Kier molecular flexibility index (Phi) is 5.49. The highest BCUT2D eigenvalue weighted by Crippen LogP contribution is 2.28. The first-order valence-corrected chi connectivity index (χ1v) is 5.51. The van der Waals surface area contributed by atoms with Gasteiger partial charge in [-0.1, -0.05) is 13.0 Å². The van der Waals surface area contributed by atoms with Crippen molar-refractivity contribution in [2.45, 2.75) is 13.3 Å². The van der Waals surface area contributed by atoms with E-state index in [1.54, 1.807) is 7.11 Å². The molecule has 17 heavy (non-hydrogen) atoms. The summed E-state index contributed by atoms with van der Waals surface area (Å²) in [5, 5.41) is 0. The minimum atomic E-state index is -0.103. The fourth-order valence-corrected chi connectivity index (χ4v) is 1.41. The van der Waals surface area contributed by atoms with Gasteiger partial charge in [-0.3, -0.25) is 4.79 Å². The van der Waals surface area contributed by atoms with Gasteiger partial charge in [-0.05, 0) is 24.1 Å². The lowest BCUT2D eigenvalue weighted by molar-refractivity contribution is -0.124. The first kappa shape index (κ1) is 13.5. The zero-order chi connectivity index (χ0) is 12.7. The van der Waals surface area contributed by atoms with Gasteiger partial charge in [0.05, 0.1) is 7.11 Å². The molecule has 0 unspecified atom stereocenters. The summed E-state index contributed by atoms with van der Waals surface area (Å²) < 4.78 is 15.3. The predicted octanol–water partition coefficient (Wildman–Crippen LogP) is 1.85. The number of carbonyl (C=O) groups is 1. The van der Waals surface area contributed by atoms with Crippen LogP contribution < -0.4 is 9.47 Å². The second-order valence-corrected chi connectivity index (χ2v) is 3.60. The Hall–Kier alpha value is -1.55. The largest absolute Gasteiger partial charge is 0.493 e. The van der Waals surface area contributed by atoms with E-state index >= 15 is 0 Å². The summed E-state index contributed by atoms with van der Waals surface area (Å²) in [5.74, 6) is 1.12. The van der Waals surface area contributed by atoms with Crippen LogP contribution in [0.25, 0.3) is 0 Å². The molecule has 0 aromatic heterocycles. The van der Waals surface area contributed by atoms with E-state index in [4.69, 9.17) is 14.2 Å². The molecule has 1 aromatic rings. The number of hydrogen-bond acceptors (Lipinski definition) is 4. The summed E-state index contributed by atoms with van der Waals surface area (Å²) in [6, 6.07) is 5.69. The van der Waals surface area contributed by atoms with Crippen LogP contribution >= 0.6 is 0 Å². The molecule has 0 aliphatic rings. The van der Waals surface area contributed by atoms with E-state index in [-0.39, 0.29) is 19.0 Å². The minimum absolute atomic E-state index is 0.00429. The maximum atomic E-state index is 11.2. The van der Waals surface area contributed by atoms with E-state index in [9.17, 15) is 4.79 Å². The summed E-state index contributed by atoms with van der Waals surface area (Å²) in [4.78, 5) is 11.2. The molecule has 0 N–H and O–H groups in total. The third kappa shape index (κ3) is 4.07. The maximum absolute atomic E-state index is 11.2. The lowest BCUT2D eigenvalue weighted by atomic mass is 10.1. The van der Waals surface area contributed by atoms with Gasteiger partial charge >= 0.3 is 0 Å². The van der Waals surface area contributed by atoms with Gasteiger partial charge in [0.2, 0.25) is 0 Å². The molecule has 4 nitrogen and oxygen atoms in total. The number of ketones is 1. The Bertz CT molecular complexity index is 374. The van der Waals surface area contributed by atoms with Crippen LogP contribution in [0.2, 0.25) is 0 Å². The number of hydrogen-bond donors (Lipinski definition) is 0. The Morgan fingerprint density at radius 3 is 2.53 bits per heavy atom. The quantitative estimate of drug-likeness (QED) is 0.727. The van der Waals surface area contributed by atoms with Crippen LogP contribution in [0.1, 0.15) is 12.5 Å². The smallest absolute Gasteiger partial charge is 0.195 e. The van der Waals surface area contributed by atoms with Crippen molar-refractivity contribution in [3.8, 4) is 11.5 Å². The molecule has 0 aliphatic carbocycles. The molecule has 0 fully saturated rings. The van der Waals surface area contributed by atoms with Crippen molar-refractivity contribution in [1.29, 1.82) is 0 Å². The minimum Gasteiger partial charge on any atom is -0.493 e. The van der Waals surface area contributed by atoms with Gasteiger partial charge in [-0.25, -0.2) is 0 Å². The molecule has 0 radical (unpaired) electrons. The highest BCUT2D eigenvalue weighted by molar-refractivity contribution is 5.81. The molecule has 0 heterocycles. The predicted molar refractivity (Wildman–Crippen MR) is 64.8 cm³/mol. The SMILES string of the molecule is CCc1ccc(OCC(=O)COC)c(OC)c1. The van der Waals surface area contributed by atoms with E-state index in [0.29, 0.717) is 11.5 Å². The number of ether oxygens (including phenoxy) is 3. The average molecular weight is 238 g/mol. The first-order valence-electron chi connectivity index (χ1n) is 5.51. The monoisotopic (exact) mass is 238 g/mol. The van der Waals surface area contributed by atoms with Crippen molar-refractivity contribution in [3.05, 3.63) is 23.8 Å². The number of rotatable bonds is 7. The van der Waals surface area contributed by atoms with E-state index in [1.165, 1.54) is 7.11 Å². The molecule has 94 valence electrons. The lowest BCUT2D eigenvalue weighted by Crippen LogP contribution is -2.16. The number of benzene rings is 1. The van der Waals surface area contributed by atoms with Crippen molar-refractivity contribution in [3.63, 3.8) is 0 Å². The summed E-state index contributed by atoms with van der Waals surface area (Å²) in [6.45, 7) is 2.13. The fourth-order valence-electron chi connectivity index (χ4n) is 1.41. The highest BCUT2D eigenvalue weighted by atomic mass is 16.5. The normalized spacial score (nSPS) is 10.1. The van der Waals surface area contributed by atoms with Crippen molar-refractivity contribution in [1.82, 2.24) is 0 Å². The number of aryl methyl sites for hydroxylation is 1. The van der Waals surface area contributed by atoms with Crippen LogP contribution in [0, 0.1) is 0 Å². The van der Waals surface area contributed by atoms with Crippen LogP contribution in [0.3, 0.4) is 0 Å². The molecule has 0 atom stereocenters. The second-order valence-electron chi connectivity index (χ2n) is 3.60. The molecule has 0 spiro atoms. The summed E-state index contributed by atoms with van der Waals surface area (Å²) >= 11 is 0. The second kappa shape index (κ2) is 6.91. The van der Waals surface area contributed by atoms with E-state index in [1.807, 2.05) is 18.2 Å². The zero-order valence-electron chi connectivity index (χ0n) is 10.5. The molecular formula is C13H18O4. The molecular weight excluding hydrogens is 220 g/mol. The Labute approximate surface area is 101 Å². The van der Waals surface area contributed by atoms with Crippen LogP contribution in [0.15, 0.2) is 18.2 Å². The van der Waals surface area contributed by atoms with Crippen LogP contribution in [0.5, 0.6) is 11.5 Å². The summed E-state index contributed by atoms with van der Waals surface area (Å²) in [7, 11) is 3.06. The molecule has 1 rings (SSSR count). The van der Waals surface area contributed by atoms with Gasteiger partial charge in [-0.15, -0.1) is 0 Å². The van der Waals surface area contributed by atoms with E-state index < -0.39 is 0 Å². The Balaban J connectivity index is 2.67. The van der Waals surface area contributed by atoms with Crippen LogP contribution in [-0.2, 0) is 16.0 Å². The maximum Gasteiger partial charge on any atom is 0.195 e. The molecule has 4 heteroatoms. The number of methoxy groups -OCH3 is 2. The van der Waals surface area contributed by atoms with Crippen LogP contribution in [-0.4, -0.2) is 33.2 Å². The van der Waals surface area contributed by atoms with E-state index in [2.05, 4.69) is 6.92 Å². The van der Waals surface area contributed by atoms with Gasteiger partial charge in [0.15, 0.2) is 17.3 Å². The number of carbonyl (C=O) groups excluding carboxylic acids is 1. The van der Waals surface area contributed by atoms with Gasteiger partial charge in [0.1, 0.15) is 13.2 Å². The van der Waals surface area contributed by atoms with E-state index in [0.717, 1.165) is 12.0 Å². The van der Waals surface area contributed by atoms with Crippen molar-refractivity contribution < 1.29 is 19.0 Å². The van der Waals surface area contributed by atoms with Crippen molar-refractivity contribution in [2.24, 2.45) is 0 Å². The average Bonchev–Trinajstić information content (AvgIpc) is 2.36. The fraction of sp³-hybridized carbons (Fsp3) is 0.462. The summed E-state index contributed by atoms with van der Waals surface area (Å²) in [6.07, 6.45) is 0.930. The Morgan fingerprint density at radius 2 is 1.94 bits per heavy atom. The van der Waals surface area contributed by atoms with Gasteiger partial charge in [-0.2, -0.15) is 0 Å². The zero-order valence-corrected chi connectivity index (χ0v) is 10.5. The first-order chi connectivity index (χ1) is 8.21. The van der Waals surface area contributed by atoms with Gasteiger partial charge < -0.3 is 14.2 Å². The van der Waals surface area contributed by atoms with Crippen molar-refractivity contribution in [2.75, 3.05) is 27.4 Å². The van der Waals surface area contributed by atoms with Gasteiger partial charge in [0.25, 0.3) is 0 Å². The molecule has 0 saturated heterocycles. The standard InChI is InChI=1S/C13H18O4/c1-4-10-5-6-12(13(7-10)16-3)17-9-11(14)8-15-2/h5-7H,4,8-9H2,1-3H3. The highest BCUT2D eigenvalue weighted by Gasteiger charge is 2.08.